The number of amides is 2. The van der Waals surface area contributed by atoms with Crippen molar-refractivity contribution in [2.24, 2.45) is 0 Å². The van der Waals surface area contributed by atoms with Gasteiger partial charge in [0.05, 0.1) is 11.5 Å². The van der Waals surface area contributed by atoms with E-state index in [0.29, 0.717) is 21.6 Å². The zero-order valence-corrected chi connectivity index (χ0v) is 17.2. The van der Waals surface area contributed by atoms with Crippen LogP contribution in [0.25, 0.3) is 0 Å². The number of rotatable bonds is 5. The molecule has 0 fully saturated rings. The summed E-state index contributed by atoms with van der Waals surface area (Å²) < 4.78 is 0. The molecule has 2 heterocycles. The maximum Gasteiger partial charge on any atom is 0.257 e. The summed E-state index contributed by atoms with van der Waals surface area (Å²) in [5, 5.41) is 6.34. The number of benzene rings is 2. The van der Waals surface area contributed by atoms with E-state index in [0.717, 1.165) is 5.56 Å². The predicted octanol–water partition coefficient (Wildman–Crippen LogP) is 3.78. The van der Waals surface area contributed by atoms with Crippen molar-refractivity contribution in [3.05, 3.63) is 81.1 Å². The minimum Gasteiger partial charge on any atom is -0.326 e. The average Bonchev–Trinajstić information content (AvgIpc) is 2.72. The van der Waals surface area contributed by atoms with Crippen LogP contribution in [0.15, 0.2) is 64.5 Å². The Hall–Kier alpha value is -3.10. The lowest BCUT2D eigenvalue weighted by molar-refractivity contribution is -0.123. The van der Waals surface area contributed by atoms with Crippen molar-refractivity contribution in [3.8, 4) is 0 Å². The Morgan fingerprint density at radius 3 is 2.73 bits per heavy atom. The van der Waals surface area contributed by atoms with Gasteiger partial charge in [-0.15, -0.1) is 0 Å². The first-order valence-electron chi connectivity index (χ1n) is 9.17. The van der Waals surface area contributed by atoms with E-state index < -0.39 is 17.4 Å². The topological polar surface area (TPSA) is 104 Å². The highest BCUT2D eigenvalue weighted by Crippen LogP contribution is 2.31. The molecular formula is C21H17ClN4O3S. The van der Waals surface area contributed by atoms with Crippen molar-refractivity contribution in [3.63, 3.8) is 0 Å². The number of aromatic amines is 1. The number of thioether (sulfide) groups is 1. The molecule has 0 unspecified atom stereocenters. The Morgan fingerprint density at radius 1 is 1.17 bits per heavy atom. The molecule has 7 nitrogen and oxygen atoms in total. The fourth-order valence-corrected chi connectivity index (χ4v) is 4.19. The number of nitrogens with one attached hydrogen (secondary N) is 3. The number of anilines is 2. The van der Waals surface area contributed by atoms with E-state index in [9.17, 15) is 14.4 Å². The number of halogens is 1. The highest BCUT2D eigenvalue weighted by molar-refractivity contribution is 7.98. The van der Waals surface area contributed by atoms with Gasteiger partial charge in [-0.25, -0.2) is 4.98 Å². The quantitative estimate of drug-likeness (QED) is 0.413. The van der Waals surface area contributed by atoms with Crippen LogP contribution in [0.3, 0.4) is 0 Å². The zero-order valence-electron chi connectivity index (χ0n) is 15.6. The summed E-state index contributed by atoms with van der Waals surface area (Å²) in [5.74, 6) is -1.05. The fourth-order valence-electron chi connectivity index (χ4n) is 3.17. The van der Waals surface area contributed by atoms with Gasteiger partial charge in [-0.2, -0.15) is 0 Å². The number of nitrogens with zero attached hydrogens (tertiary/aromatic N) is 1. The molecule has 0 saturated heterocycles. The van der Waals surface area contributed by atoms with E-state index in [1.807, 2.05) is 24.3 Å². The highest BCUT2D eigenvalue weighted by atomic mass is 35.5. The van der Waals surface area contributed by atoms with Crippen molar-refractivity contribution in [2.75, 3.05) is 10.6 Å². The van der Waals surface area contributed by atoms with Crippen LogP contribution in [0.2, 0.25) is 5.02 Å². The van der Waals surface area contributed by atoms with E-state index in [1.54, 1.807) is 30.3 Å². The Labute approximate surface area is 181 Å². The molecule has 0 bridgehead atoms. The Morgan fingerprint density at radius 2 is 1.97 bits per heavy atom. The molecule has 1 atom stereocenters. The molecule has 0 saturated carbocycles. The van der Waals surface area contributed by atoms with Crippen molar-refractivity contribution in [1.29, 1.82) is 0 Å². The first kappa shape index (κ1) is 20.2. The van der Waals surface area contributed by atoms with Gasteiger partial charge in [0.2, 0.25) is 11.8 Å². The first-order valence-corrected chi connectivity index (χ1v) is 10.5. The summed E-state index contributed by atoms with van der Waals surface area (Å²) in [7, 11) is 0. The van der Waals surface area contributed by atoms with Crippen LogP contribution in [-0.2, 0) is 15.3 Å². The lowest BCUT2D eigenvalue weighted by atomic mass is 9.92. The third-order valence-electron chi connectivity index (χ3n) is 4.55. The van der Waals surface area contributed by atoms with Gasteiger partial charge in [-0.05, 0) is 29.8 Å². The van der Waals surface area contributed by atoms with Gasteiger partial charge < -0.3 is 15.6 Å². The maximum absolute atomic E-state index is 12.8. The first-order chi connectivity index (χ1) is 14.5. The molecule has 152 valence electrons. The number of carbonyl (C=O) groups is 2. The number of fused-ring (bicyclic) bond motifs is 1. The Bertz CT molecular complexity index is 1170. The number of H-pyrrole nitrogens is 1. The molecule has 1 aromatic heterocycles. The van der Waals surface area contributed by atoms with Crippen LogP contribution in [-0.4, -0.2) is 21.8 Å². The number of para-hydroxylation sites is 1. The number of carbonyl (C=O) groups excluding carboxylic acids is 2. The SMILES string of the molecule is O=C1C[C@H](C(=O)Nc2ccccc2)c2c(nc(SCc3cccc(Cl)c3)[nH]c2=O)N1. The molecule has 3 N–H and O–H groups in total. The monoisotopic (exact) mass is 440 g/mol. The molecule has 4 rings (SSSR count). The lowest BCUT2D eigenvalue weighted by Crippen LogP contribution is -2.36. The summed E-state index contributed by atoms with van der Waals surface area (Å²) in [5.41, 5.74) is 1.28. The molecule has 2 aromatic carbocycles. The van der Waals surface area contributed by atoms with Gasteiger partial charge in [0.1, 0.15) is 5.82 Å². The van der Waals surface area contributed by atoms with Gasteiger partial charge in [-0.3, -0.25) is 14.4 Å². The minimum atomic E-state index is -0.919. The van der Waals surface area contributed by atoms with E-state index in [4.69, 9.17) is 11.6 Å². The van der Waals surface area contributed by atoms with E-state index in [2.05, 4.69) is 20.6 Å². The number of hydrogen-bond donors (Lipinski definition) is 3. The molecule has 3 aromatic rings. The van der Waals surface area contributed by atoms with Gasteiger partial charge in [0.15, 0.2) is 5.16 Å². The predicted molar refractivity (Wildman–Crippen MR) is 117 cm³/mol. The van der Waals surface area contributed by atoms with Crippen LogP contribution in [0.4, 0.5) is 11.5 Å². The molecule has 1 aliphatic heterocycles. The standard InChI is InChI=1S/C21H17ClN4O3S/c22-13-6-4-5-12(9-13)11-30-21-25-18-17(20(29)26-21)15(10-16(27)24-18)19(28)23-14-7-2-1-3-8-14/h1-9,15H,10-11H2,(H,23,28)(H2,24,25,26,27,29)/t15-/m0/s1. The molecule has 0 radical (unpaired) electrons. The minimum absolute atomic E-state index is 0.120. The van der Waals surface area contributed by atoms with E-state index in [-0.39, 0.29) is 23.7 Å². The van der Waals surface area contributed by atoms with E-state index >= 15 is 0 Å². The Kier molecular flexibility index (Phi) is 5.87. The van der Waals surface area contributed by atoms with Gasteiger partial charge in [0, 0.05) is 22.9 Å². The smallest absolute Gasteiger partial charge is 0.257 e. The molecule has 2 amide bonds. The number of hydrogen-bond acceptors (Lipinski definition) is 5. The molecule has 30 heavy (non-hydrogen) atoms. The Balaban J connectivity index is 1.58. The van der Waals surface area contributed by atoms with Crippen molar-refractivity contribution in [2.45, 2.75) is 23.2 Å². The maximum atomic E-state index is 12.8. The average molecular weight is 441 g/mol. The fraction of sp³-hybridized carbons (Fsp3) is 0.143. The van der Waals surface area contributed by atoms with Crippen LogP contribution in [0.1, 0.15) is 23.5 Å². The summed E-state index contributed by atoms with van der Waals surface area (Å²) in [6.07, 6.45) is -0.120. The van der Waals surface area contributed by atoms with Crippen molar-refractivity contribution in [1.82, 2.24) is 9.97 Å². The summed E-state index contributed by atoms with van der Waals surface area (Å²) in [6, 6.07) is 16.2. The molecule has 0 spiro atoms. The van der Waals surface area contributed by atoms with Crippen LogP contribution >= 0.6 is 23.4 Å². The van der Waals surface area contributed by atoms with Gasteiger partial charge >= 0.3 is 0 Å². The van der Waals surface area contributed by atoms with E-state index in [1.165, 1.54) is 11.8 Å². The molecular weight excluding hydrogens is 424 g/mol. The summed E-state index contributed by atoms with van der Waals surface area (Å²) in [6.45, 7) is 0. The largest absolute Gasteiger partial charge is 0.326 e. The third kappa shape index (κ3) is 4.55. The van der Waals surface area contributed by atoms with Crippen LogP contribution < -0.4 is 16.2 Å². The van der Waals surface area contributed by atoms with Crippen molar-refractivity contribution < 1.29 is 9.59 Å². The molecule has 9 heteroatoms. The van der Waals surface area contributed by atoms with Crippen molar-refractivity contribution >= 4 is 46.7 Å². The molecule has 1 aliphatic rings. The lowest BCUT2D eigenvalue weighted by Gasteiger charge is -2.23. The zero-order chi connectivity index (χ0) is 21.1. The van der Waals surface area contributed by atoms with Crippen LogP contribution in [0.5, 0.6) is 0 Å². The normalized spacial score (nSPS) is 15.2. The summed E-state index contributed by atoms with van der Waals surface area (Å²) >= 11 is 7.30. The highest BCUT2D eigenvalue weighted by Gasteiger charge is 2.34. The summed E-state index contributed by atoms with van der Waals surface area (Å²) in [4.78, 5) is 44.8. The second-order valence-electron chi connectivity index (χ2n) is 6.71. The second-order valence-corrected chi connectivity index (χ2v) is 8.11. The van der Waals surface area contributed by atoms with Gasteiger partial charge in [0.25, 0.3) is 5.56 Å². The third-order valence-corrected chi connectivity index (χ3v) is 5.73. The second kappa shape index (κ2) is 8.73. The van der Waals surface area contributed by atoms with Gasteiger partial charge in [-0.1, -0.05) is 53.7 Å². The molecule has 0 aliphatic carbocycles. The number of aromatic nitrogens is 2. The van der Waals surface area contributed by atoms with Crippen LogP contribution in [0, 0.1) is 0 Å².